The maximum atomic E-state index is 14.2. The first-order valence-electron chi connectivity index (χ1n) is 17.6. The van der Waals surface area contributed by atoms with E-state index in [1.54, 1.807) is 0 Å². The van der Waals surface area contributed by atoms with E-state index in [1.807, 2.05) is 59.2 Å². The summed E-state index contributed by atoms with van der Waals surface area (Å²) >= 11 is 0. The predicted octanol–water partition coefficient (Wildman–Crippen LogP) is 3.61. The van der Waals surface area contributed by atoms with E-state index in [0.29, 0.717) is 62.8 Å². The number of likely N-dealkylation sites (tertiary alicyclic amines) is 3. The number of aromatic amines is 3. The molecule has 2 amide bonds. The van der Waals surface area contributed by atoms with Gasteiger partial charge in [-0.3, -0.25) is 14.6 Å². The molecule has 1 atom stereocenters. The van der Waals surface area contributed by atoms with Crippen molar-refractivity contribution in [1.29, 1.82) is 0 Å². The minimum absolute atomic E-state index is 0.0344. The largest absolute Gasteiger partial charge is 0.343 e. The molecule has 0 spiro atoms. The molecule has 5 heterocycles. The van der Waals surface area contributed by atoms with Crippen molar-refractivity contribution in [2.75, 3.05) is 39.3 Å². The molecule has 48 heavy (non-hydrogen) atoms. The van der Waals surface area contributed by atoms with Gasteiger partial charge < -0.3 is 24.7 Å². The van der Waals surface area contributed by atoms with E-state index in [1.165, 1.54) is 23.9 Å². The molecule has 12 nitrogen and oxygen atoms in total. The highest BCUT2D eigenvalue weighted by Crippen LogP contribution is 2.28. The Bertz CT molecular complexity index is 1850. The standard InChI is InChI=1S/C36H46N8O4/c1-24-20-25(22-30-32(24)38-35(47)37-30)21-27(34(46)43-18-10-28(11-19-43)41-14-6-3-7-15-41)23-31(45)42-16-12-29(13-17-42)44-36(48)39-33(40-44)26-8-4-2-5-9-26/h2,4-5,8-9,20,22,27-29H,3,6-7,10-19,21,23H2,1H3,(H2,37,38,47)(H,39,40,48). The third-order valence-corrected chi connectivity index (χ3v) is 10.7. The average Bonchev–Trinajstić information content (AvgIpc) is 3.70. The molecule has 12 heteroatoms. The second-order valence-electron chi connectivity index (χ2n) is 13.9. The number of nitrogens with zero attached hydrogens (tertiary/aromatic N) is 5. The lowest BCUT2D eigenvalue weighted by atomic mass is 9.91. The van der Waals surface area contributed by atoms with Crippen LogP contribution < -0.4 is 11.4 Å². The van der Waals surface area contributed by atoms with Gasteiger partial charge in [-0.2, -0.15) is 0 Å². The second kappa shape index (κ2) is 14.0. The van der Waals surface area contributed by atoms with E-state index in [9.17, 15) is 19.2 Å². The summed E-state index contributed by atoms with van der Waals surface area (Å²) in [5, 5.41) is 4.58. The molecular weight excluding hydrogens is 608 g/mol. The van der Waals surface area contributed by atoms with Gasteiger partial charge in [0.1, 0.15) is 0 Å². The Hall–Kier alpha value is -4.45. The number of rotatable bonds is 8. The van der Waals surface area contributed by atoms with Crippen molar-refractivity contribution < 1.29 is 9.59 Å². The number of aromatic nitrogens is 5. The predicted molar refractivity (Wildman–Crippen MR) is 184 cm³/mol. The number of nitrogens with one attached hydrogen (secondary N) is 3. The molecule has 3 fully saturated rings. The maximum absolute atomic E-state index is 14.2. The van der Waals surface area contributed by atoms with Gasteiger partial charge in [-0.05, 0) is 82.2 Å². The van der Waals surface area contributed by atoms with Crippen LogP contribution in [0.2, 0.25) is 0 Å². The lowest BCUT2D eigenvalue weighted by molar-refractivity contribution is -0.143. The minimum atomic E-state index is -0.508. The van der Waals surface area contributed by atoms with Gasteiger partial charge in [-0.15, -0.1) is 5.10 Å². The Morgan fingerprint density at radius 1 is 0.833 bits per heavy atom. The average molecular weight is 655 g/mol. The van der Waals surface area contributed by atoms with Crippen molar-refractivity contribution in [3.8, 4) is 11.4 Å². The Labute approximate surface area is 279 Å². The van der Waals surface area contributed by atoms with Gasteiger partial charge >= 0.3 is 11.4 Å². The third kappa shape index (κ3) is 6.89. The molecule has 7 rings (SSSR count). The number of H-pyrrole nitrogens is 3. The smallest absolute Gasteiger partial charge is 0.343 e. The first-order valence-corrected chi connectivity index (χ1v) is 17.6. The molecule has 1 unspecified atom stereocenters. The molecule has 2 aromatic heterocycles. The number of hydrogen-bond donors (Lipinski definition) is 3. The van der Waals surface area contributed by atoms with E-state index in [0.717, 1.165) is 48.1 Å². The topological polar surface area (TPSA) is 143 Å². The number of fused-ring (bicyclic) bond motifs is 1. The minimum Gasteiger partial charge on any atom is -0.343 e. The summed E-state index contributed by atoms with van der Waals surface area (Å²) in [7, 11) is 0. The van der Waals surface area contributed by atoms with Crippen LogP contribution in [0.3, 0.4) is 0 Å². The molecule has 0 saturated carbocycles. The molecule has 3 N–H and O–H groups in total. The van der Waals surface area contributed by atoms with Crippen LogP contribution in [0.25, 0.3) is 22.4 Å². The Morgan fingerprint density at radius 2 is 1.52 bits per heavy atom. The number of hydrogen-bond acceptors (Lipinski definition) is 6. The molecule has 4 aromatic rings. The number of aryl methyl sites for hydroxylation is 1. The summed E-state index contributed by atoms with van der Waals surface area (Å²) < 4.78 is 1.52. The van der Waals surface area contributed by atoms with Gasteiger partial charge in [-0.25, -0.2) is 14.3 Å². The van der Waals surface area contributed by atoms with Crippen LogP contribution in [0.1, 0.15) is 68.5 Å². The quantitative estimate of drug-likeness (QED) is 0.265. The number of amides is 2. The normalized spacial score (nSPS) is 19.2. The van der Waals surface area contributed by atoms with E-state index in [4.69, 9.17) is 0 Å². The lowest BCUT2D eigenvalue weighted by Crippen LogP contribution is -2.50. The number of imidazole rings is 1. The summed E-state index contributed by atoms with van der Waals surface area (Å²) in [6.07, 6.45) is 7.52. The molecule has 3 aliphatic rings. The lowest BCUT2D eigenvalue weighted by Gasteiger charge is -2.41. The molecular formula is C36H46N8O4. The van der Waals surface area contributed by atoms with E-state index < -0.39 is 5.92 Å². The summed E-state index contributed by atoms with van der Waals surface area (Å²) in [6.45, 7) is 6.67. The fraction of sp³-hybridized carbons (Fsp3) is 0.528. The van der Waals surface area contributed by atoms with Crippen molar-refractivity contribution in [3.05, 3.63) is 74.6 Å². The van der Waals surface area contributed by atoms with Crippen molar-refractivity contribution >= 4 is 22.8 Å². The Kier molecular flexibility index (Phi) is 9.34. The van der Waals surface area contributed by atoms with Crippen LogP contribution in [-0.2, 0) is 16.0 Å². The van der Waals surface area contributed by atoms with E-state index in [2.05, 4.69) is 25.0 Å². The van der Waals surface area contributed by atoms with E-state index >= 15 is 0 Å². The van der Waals surface area contributed by atoms with Gasteiger partial charge in [0.05, 0.1) is 23.0 Å². The maximum Gasteiger partial charge on any atom is 0.343 e. The highest BCUT2D eigenvalue weighted by molar-refractivity contribution is 5.86. The summed E-state index contributed by atoms with van der Waals surface area (Å²) in [4.78, 5) is 67.8. The van der Waals surface area contributed by atoms with Gasteiger partial charge in [0, 0.05) is 44.2 Å². The Morgan fingerprint density at radius 3 is 2.25 bits per heavy atom. The Balaban J connectivity index is 1.03. The zero-order chi connectivity index (χ0) is 33.2. The molecule has 254 valence electrons. The molecule has 0 aliphatic carbocycles. The summed E-state index contributed by atoms with van der Waals surface area (Å²) in [5.41, 5.74) is 3.66. The molecule has 0 radical (unpaired) electrons. The zero-order valence-electron chi connectivity index (χ0n) is 27.7. The molecule has 3 aliphatic heterocycles. The van der Waals surface area contributed by atoms with E-state index in [-0.39, 0.29) is 35.7 Å². The zero-order valence-corrected chi connectivity index (χ0v) is 27.7. The number of piperidine rings is 3. The van der Waals surface area contributed by atoms with Gasteiger partial charge in [0.2, 0.25) is 11.8 Å². The first kappa shape index (κ1) is 32.1. The number of carbonyl (C=O) groups excluding carboxylic acids is 2. The van der Waals surface area contributed by atoms with Gasteiger partial charge in [-0.1, -0.05) is 42.8 Å². The highest BCUT2D eigenvalue weighted by atomic mass is 16.2. The van der Waals surface area contributed by atoms with Crippen LogP contribution in [0, 0.1) is 12.8 Å². The molecule has 2 aromatic carbocycles. The summed E-state index contributed by atoms with van der Waals surface area (Å²) in [6, 6.07) is 13.9. The van der Waals surface area contributed by atoms with Crippen molar-refractivity contribution in [2.45, 2.75) is 76.8 Å². The molecule has 0 bridgehead atoms. The van der Waals surface area contributed by atoms with Gasteiger partial charge in [0.25, 0.3) is 0 Å². The van der Waals surface area contributed by atoms with Crippen LogP contribution in [-0.4, -0.2) is 96.6 Å². The summed E-state index contributed by atoms with van der Waals surface area (Å²) in [5.74, 6) is 0.0265. The number of carbonyl (C=O) groups is 2. The van der Waals surface area contributed by atoms with Crippen molar-refractivity contribution in [3.63, 3.8) is 0 Å². The first-order chi connectivity index (χ1) is 23.3. The van der Waals surface area contributed by atoms with Crippen LogP contribution in [0.15, 0.2) is 52.1 Å². The van der Waals surface area contributed by atoms with Gasteiger partial charge in [0.15, 0.2) is 5.82 Å². The number of benzene rings is 2. The second-order valence-corrected chi connectivity index (χ2v) is 13.9. The monoisotopic (exact) mass is 654 g/mol. The van der Waals surface area contributed by atoms with Crippen LogP contribution in [0.4, 0.5) is 0 Å². The van der Waals surface area contributed by atoms with Crippen molar-refractivity contribution in [2.24, 2.45) is 5.92 Å². The highest BCUT2D eigenvalue weighted by Gasteiger charge is 2.34. The fourth-order valence-electron chi connectivity index (χ4n) is 8.05. The fourth-order valence-corrected chi connectivity index (χ4v) is 8.05. The molecule has 3 saturated heterocycles. The van der Waals surface area contributed by atoms with Crippen LogP contribution >= 0.6 is 0 Å². The van der Waals surface area contributed by atoms with Crippen molar-refractivity contribution in [1.82, 2.24) is 39.4 Å². The third-order valence-electron chi connectivity index (χ3n) is 10.7. The van der Waals surface area contributed by atoms with Crippen LogP contribution in [0.5, 0.6) is 0 Å². The SMILES string of the molecule is Cc1cc(CC(CC(=O)N2CCC(n3nc(-c4ccccc4)[nH]c3=O)CC2)C(=O)N2CCC(N3CCCCC3)CC2)cc2[nH]c(=O)[nH]c12.